The Kier molecular flexibility index (Phi) is 2.70. The molecular formula is C16H17NO. The molecule has 0 radical (unpaired) electrons. The van der Waals surface area contributed by atoms with E-state index in [1.165, 1.54) is 6.42 Å². The lowest BCUT2D eigenvalue weighted by Gasteiger charge is -2.43. The molecule has 0 heterocycles. The molecule has 0 aliphatic heterocycles. The summed E-state index contributed by atoms with van der Waals surface area (Å²) in [6, 6.07) is 10.1. The van der Waals surface area contributed by atoms with E-state index in [0.717, 1.165) is 43.2 Å². The second-order valence-electron chi connectivity index (χ2n) is 5.68. The standard InChI is InChI=1S/C16H17NO/c17-11-14-15(18)13-7-3-2-6-12(13)10-16(14)8-4-1-5-9-16/h2-3,6-7,14H,1,4-5,8-10H2. The van der Waals surface area contributed by atoms with Gasteiger partial charge >= 0.3 is 0 Å². The zero-order valence-corrected chi connectivity index (χ0v) is 10.5. The largest absolute Gasteiger partial charge is 0.293 e. The topological polar surface area (TPSA) is 40.9 Å². The van der Waals surface area contributed by atoms with E-state index in [-0.39, 0.29) is 11.2 Å². The van der Waals surface area contributed by atoms with Gasteiger partial charge in [0, 0.05) is 5.56 Å². The van der Waals surface area contributed by atoms with Crippen molar-refractivity contribution in [3.05, 3.63) is 35.4 Å². The maximum absolute atomic E-state index is 12.5. The van der Waals surface area contributed by atoms with Crippen LogP contribution >= 0.6 is 0 Å². The molecule has 1 spiro atoms. The number of nitriles is 1. The molecule has 3 rings (SSSR count). The van der Waals surface area contributed by atoms with Crippen LogP contribution < -0.4 is 0 Å². The Balaban J connectivity index is 2.08. The van der Waals surface area contributed by atoms with Gasteiger partial charge in [-0.1, -0.05) is 43.5 Å². The van der Waals surface area contributed by atoms with E-state index in [9.17, 15) is 10.1 Å². The second kappa shape index (κ2) is 4.24. The van der Waals surface area contributed by atoms with Crippen molar-refractivity contribution in [2.75, 3.05) is 0 Å². The van der Waals surface area contributed by atoms with E-state index in [1.54, 1.807) is 0 Å². The molecule has 2 aliphatic rings. The maximum Gasteiger partial charge on any atom is 0.180 e. The molecule has 1 fully saturated rings. The van der Waals surface area contributed by atoms with Crippen LogP contribution in [0.4, 0.5) is 0 Å². The Morgan fingerprint density at radius 2 is 1.89 bits per heavy atom. The molecule has 92 valence electrons. The van der Waals surface area contributed by atoms with Gasteiger partial charge in [-0.25, -0.2) is 0 Å². The summed E-state index contributed by atoms with van der Waals surface area (Å²) in [6.07, 6.45) is 6.54. The van der Waals surface area contributed by atoms with Crippen LogP contribution in [-0.2, 0) is 6.42 Å². The van der Waals surface area contributed by atoms with Crippen molar-refractivity contribution in [3.8, 4) is 6.07 Å². The number of fused-ring (bicyclic) bond motifs is 1. The molecule has 2 nitrogen and oxygen atoms in total. The summed E-state index contributed by atoms with van der Waals surface area (Å²) in [5.41, 5.74) is 1.86. The van der Waals surface area contributed by atoms with Crippen LogP contribution in [0.25, 0.3) is 0 Å². The number of carbonyl (C=O) groups is 1. The van der Waals surface area contributed by atoms with Crippen LogP contribution in [-0.4, -0.2) is 5.78 Å². The molecule has 2 aliphatic carbocycles. The van der Waals surface area contributed by atoms with Crippen LogP contribution in [0.2, 0.25) is 0 Å². The van der Waals surface area contributed by atoms with Crippen LogP contribution in [0.1, 0.15) is 48.0 Å². The first-order chi connectivity index (χ1) is 8.77. The van der Waals surface area contributed by atoms with Crippen molar-refractivity contribution >= 4 is 5.78 Å². The summed E-state index contributed by atoms with van der Waals surface area (Å²) in [5, 5.41) is 9.43. The van der Waals surface area contributed by atoms with Gasteiger partial charge in [0.15, 0.2) is 5.78 Å². The summed E-state index contributed by atoms with van der Waals surface area (Å²) in [5.74, 6) is -0.367. The molecular weight excluding hydrogens is 222 g/mol. The third-order valence-corrected chi connectivity index (χ3v) is 4.68. The number of nitrogens with zero attached hydrogens (tertiary/aromatic N) is 1. The molecule has 0 saturated heterocycles. The lowest BCUT2D eigenvalue weighted by Crippen LogP contribution is -2.42. The number of hydrogen-bond acceptors (Lipinski definition) is 2. The average molecular weight is 239 g/mol. The predicted octanol–water partition coefficient (Wildman–Crippen LogP) is 3.52. The molecule has 1 saturated carbocycles. The van der Waals surface area contributed by atoms with Crippen molar-refractivity contribution < 1.29 is 4.79 Å². The van der Waals surface area contributed by atoms with E-state index < -0.39 is 5.92 Å². The highest BCUT2D eigenvalue weighted by molar-refractivity contribution is 6.02. The first-order valence-electron chi connectivity index (χ1n) is 6.79. The minimum absolute atomic E-state index is 0.0567. The van der Waals surface area contributed by atoms with Crippen molar-refractivity contribution in [2.24, 2.45) is 11.3 Å². The van der Waals surface area contributed by atoms with Gasteiger partial charge in [0.05, 0.1) is 6.07 Å². The smallest absolute Gasteiger partial charge is 0.180 e. The van der Waals surface area contributed by atoms with E-state index in [2.05, 4.69) is 12.1 Å². The van der Waals surface area contributed by atoms with Gasteiger partial charge in [0.25, 0.3) is 0 Å². The normalized spacial score (nSPS) is 25.5. The van der Waals surface area contributed by atoms with Gasteiger partial charge in [-0.3, -0.25) is 4.79 Å². The molecule has 1 unspecified atom stereocenters. The summed E-state index contributed by atoms with van der Waals surface area (Å²) in [7, 11) is 0. The summed E-state index contributed by atoms with van der Waals surface area (Å²) in [6.45, 7) is 0. The van der Waals surface area contributed by atoms with Crippen molar-refractivity contribution in [1.82, 2.24) is 0 Å². The Morgan fingerprint density at radius 1 is 1.17 bits per heavy atom. The Hall–Kier alpha value is -1.62. The summed E-state index contributed by atoms with van der Waals surface area (Å²) in [4.78, 5) is 12.5. The van der Waals surface area contributed by atoms with E-state index >= 15 is 0 Å². The zero-order chi connectivity index (χ0) is 12.6. The first-order valence-corrected chi connectivity index (χ1v) is 6.79. The van der Waals surface area contributed by atoms with Gasteiger partial charge in [-0.05, 0) is 30.2 Å². The van der Waals surface area contributed by atoms with Gasteiger partial charge in [0.1, 0.15) is 5.92 Å². The molecule has 0 bridgehead atoms. The number of carbonyl (C=O) groups excluding carboxylic acids is 1. The molecule has 2 heteroatoms. The Morgan fingerprint density at radius 3 is 2.61 bits per heavy atom. The monoisotopic (exact) mass is 239 g/mol. The SMILES string of the molecule is N#CC1C(=O)c2ccccc2CC12CCCCC2. The Labute approximate surface area is 108 Å². The number of hydrogen-bond donors (Lipinski definition) is 0. The van der Waals surface area contributed by atoms with Gasteiger partial charge in [-0.2, -0.15) is 5.26 Å². The van der Waals surface area contributed by atoms with Crippen LogP contribution in [0.15, 0.2) is 24.3 Å². The fourth-order valence-electron chi connectivity index (χ4n) is 3.75. The number of Topliss-reactive ketones (excluding diaryl/α,β-unsaturated/α-hetero) is 1. The van der Waals surface area contributed by atoms with Crippen LogP contribution in [0.5, 0.6) is 0 Å². The fourth-order valence-corrected chi connectivity index (χ4v) is 3.75. The lowest BCUT2D eigenvalue weighted by atomic mass is 9.58. The van der Waals surface area contributed by atoms with Crippen LogP contribution in [0.3, 0.4) is 0 Å². The van der Waals surface area contributed by atoms with Crippen molar-refractivity contribution in [3.63, 3.8) is 0 Å². The van der Waals surface area contributed by atoms with Gasteiger partial charge in [0.2, 0.25) is 0 Å². The maximum atomic E-state index is 12.5. The molecule has 0 amide bonds. The highest BCUT2D eigenvalue weighted by atomic mass is 16.1. The number of benzene rings is 1. The fraction of sp³-hybridized carbons (Fsp3) is 0.500. The number of rotatable bonds is 0. The molecule has 0 aromatic heterocycles. The average Bonchev–Trinajstić information content (AvgIpc) is 2.40. The second-order valence-corrected chi connectivity index (χ2v) is 5.68. The molecule has 0 N–H and O–H groups in total. The predicted molar refractivity (Wildman–Crippen MR) is 69.1 cm³/mol. The summed E-state index contributed by atoms with van der Waals surface area (Å²) < 4.78 is 0. The molecule has 1 aromatic rings. The molecule has 1 atom stereocenters. The highest BCUT2D eigenvalue weighted by Gasteiger charge is 2.47. The minimum Gasteiger partial charge on any atom is -0.293 e. The first kappa shape index (κ1) is 11.5. The number of ketones is 1. The molecule has 1 aromatic carbocycles. The third kappa shape index (κ3) is 1.58. The van der Waals surface area contributed by atoms with Gasteiger partial charge < -0.3 is 0 Å². The highest BCUT2D eigenvalue weighted by Crippen LogP contribution is 2.49. The quantitative estimate of drug-likeness (QED) is 0.695. The molecule has 18 heavy (non-hydrogen) atoms. The minimum atomic E-state index is -0.423. The Bertz CT molecular complexity index is 520. The van der Waals surface area contributed by atoms with E-state index in [1.807, 2.05) is 18.2 Å². The van der Waals surface area contributed by atoms with E-state index in [0.29, 0.717) is 0 Å². The van der Waals surface area contributed by atoms with Crippen LogP contribution in [0, 0.1) is 22.7 Å². The van der Waals surface area contributed by atoms with Crippen molar-refractivity contribution in [1.29, 1.82) is 5.26 Å². The van der Waals surface area contributed by atoms with E-state index in [4.69, 9.17) is 0 Å². The third-order valence-electron chi connectivity index (χ3n) is 4.68. The van der Waals surface area contributed by atoms with Crippen molar-refractivity contribution in [2.45, 2.75) is 38.5 Å². The summed E-state index contributed by atoms with van der Waals surface area (Å²) >= 11 is 0. The zero-order valence-electron chi connectivity index (χ0n) is 10.5. The van der Waals surface area contributed by atoms with Gasteiger partial charge in [-0.15, -0.1) is 0 Å². The lowest BCUT2D eigenvalue weighted by molar-refractivity contribution is 0.0684.